The Kier molecular flexibility index (Phi) is 3.64. The molecule has 7 nitrogen and oxygen atoms in total. The molecule has 5 rings (SSSR count). The predicted molar refractivity (Wildman–Crippen MR) is 99.1 cm³/mol. The lowest BCUT2D eigenvalue weighted by Gasteiger charge is -1.98. The number of ether oxygens (including phenoxy) is 4. The summed E-state index contributed by atoms with van der Waals surface area (Å²) in [6, 6.07) is 9.32. The van der Waals surface area contributed by atoms with E-state index in [9.17, 15) is 4.79 Å². The van der Waals surface area contributed by atoms with E-state index < -0.39 is 0 Å². The lowest BCUT2D eigenvalue weighted by atomic mass is 10.2. The van der Waals surface area contributed by atoms with E-state index >= 15 is 0 Å². The Balaban J connectivity index is 1.44. The molecule has 3 aromatic rings. The number of aryl methyl sites for hydroxylation is 1. The molecule has 1 amide bonds. The van der Waals surface area contributed by atoms with E-state index in [4.69, 9.17) is 18.9 Å². The second-order valence-electron chi connectivity index (χ2n) is 6.01. The summed E-state index contributed by atoms with van der Waals surface area (Å²) < 4.78 is 24.3. The topological polar surface area (TPSA) is 71.3 Å². The zero-order valence-corrected chi connectivity index (χ0v) is 15.1. The predicted octanol–water partition coefficient (Wildman–Crippen LogP) is 2.84. The molecule has 3 heterocycles. The Hall–Kier alpha value is -3.26. The first-order valence-corrected chi connectivity index (χ1v) is 9.05. The molecule has 8 heteroatoms. The minimum absolute atomic E-state index is 0.221. The average Bonchev–Trinajstić information content (AvgIpc) is 3.38. The number of benzene rings is 2. The summed E-state index contributed by atoms with van der Waals surface area (Å²) in [6.45, 7) is 0.454. The van der Waals surface area contributed by atoms with Crippen LogP contribution in [0.25, 0.3) is 16.3 Å². The van der Waals surface area contributed by atoms with Gasteiger partial charge >= 0.3 is 0 Å². The molecule has 1 aromatic heterocycles. The Morgan fingerprint density at radius 3 is 2.56 bits per heavy atom. The van der Waals surface area contributed by atoms with Crippen molar-refractivity contribution in [2.75, 3.05) is 13.6 Å². The number of carbonyl (C=O) groups is 1. The molecule has 0 bridgehead atoms. The van der Waals surface area contributed by atoms with Crippen LogP contribution in [0.2, 0.25) is 0 Å². The summed E-state index contributed by atoms with van der Waals surface area (Å²) in [5, 5.41) is 0. The summed E-state index contributed by atoms with van der Waals surface area (Å²) in [4.78, 5) is 17.1. The fourth-order valence-corrected chi connectivity index (χ4v) is 3.97. The zero-order valence-electron chi connectivity index (χ0n) is 14.3. The number of hydrogen-bond acceptors (Lipinski definition) is 6. The molecule has 2 aromatic carbocycles. The van der Waals surface area contributed by atoms with Crippen molar-refractivity contribution in [1.82, 2.24) is 4.57 Å². The van der Waals surface area contributed by atoms with Gasteiger partial charge in [-0.1, -0.05) is 17.4 Å². The molecule has 0 atom stereocenters. The first-order valence-electron chi connectivity index (χ1n) is 8.23. The van der Waals surface area contributed by atoms with Crippen LogP contribution < -0.4 is 23.7 Å². The third-order valence-corrected chi connectivity index (χ3v) is 5.42. The number of nitrogens with zero attached hydrogens (tertiary/aromatic N) is 2. The number of hydrogen-bond donors (Lipinski definition) is 0. The number of fused-ring (bicyclic) bond motifs is 3. The van der Waals surface area contributed by atoms with Gasteiger partial charge in [-0.15, -0.1) is 0 Å². The second kappa shape index (κ2) is 6.17. The van der Waals surface area contributed by atoms with Crippen molar-refractivity contribution in [1.29, 1.82) is 0 Å². The van der Waals surface area contributed by atoms with Gasteiger partial charge < -0.3 is 23.5 Å². The normalized spacial score (nSPS) is 15.2. The van der Waals surface area contributed by atoms with Crippen LogP contribution >= 0.6 is 11.3 Å². The van der Waals surface area contributed by atoms with Gasteiger partial charge in [0.15, 0.2) is 27.8 Å². The maximum Gasteiger partial charge on any atom is 0.272 e. The maximum atomic E-state index is 12.3. The van der Waals surface area contributed by atoms with E-state index in [1.807, 2.05) is 41.9 Å². The molecular formula is C19H14N2O5S. The molecule has 2 aliphatic heterocycles. The van der Waals surface area contributed by atoms with Gasteiger partial charge in [0.2, 0.25) is 13.6 Å². The Labute approximate surface area is 157 Å². The van der Waals surface area contributed by atoms with Gasteiger partial charge in [0.05, 0.1) is 10.2 Å². The molecule has 0 spiro atoms. The van der Waals surface area contributed by atoms with E-state index in [2.05, 4.69) is 4.99 Å². The summed E-state index contributed by atoms with van der Waals surface area (Å²) >= 11 is 1.43. The third-order valence-electron chi connectivity index (χ3n) is 4.32. The van der Waals surface area contributed by atoms with E-state index in [1.54, 1.807) is 6.08 Å². The average molecular weight is 382 g/mol. The Morgan fingerprint density at radius 1 is 1.04 bits per heavy atom. The van der Waals surface area contributed by atoms with Crippen LogP contribution in [-0.2, 0) is 11.8 Å². The molecule has 0 saturated heterocycles. The molecule has 0 radical (unpaired) electrons. The summed E-state index contributed by atoms with van der Waals surface area (Å²) in [6.07, 6.45) is 3.14. The van der Waals surface area contributed by atoms with Crippen LogP contribution in [0.3, 0.4) is 0 Å². The van der Waals surface area contributed by atoms with Gasteiger partial charge in [-0.05, 0) is 23.8 Å². The van der Waals surface area contributed by atoms with Crippen LogP contribution in [0.15, 0.2) is 41.4 Å². The van der Waals surface area contributed by atoms with E-state index in [0.717, 1.165) is 15.8 Å². The SMILES string of the molecule is Cn1c(=NC(=O)C=Cc2ccc3c(c2)OCO3)sc2cc3c(cc21)OCO3. The Bertz CT molecular complexity index is 1170. The van der Waals surface area contributed by atoms with Crippen molar-refractivity contribution in [2.45, 2.75) is 0 Å². The molecule has 2 aliphatic rings. The largest absolute Gasteiger partial charge is 0.454 e. The van der Waals surface area contributed by atoms with Crippen molar-refractivity contribution in [3.05, 3.63) is 46.8 Å². The molecule has 0 fully saturated rings. The van der Waals surface area contributed by atoms with Crippen LogP contribution in [0.4, 0.5) is 0 Å². The van der Waals surface area contributed by atoms with Crippen LogP contribution in [0.1, 0.15) is 5.56 Å². The minimum atomic E-state index is -0.338. The zero-order chi connectivity index (χ0) is 18.4. The maximum absolute atomic E-state index is 12.3. The monoisotopic (exact) mass is 382 g/mol. The first-order chi connectivity index (χ1) is 13.2. The molecule has 0 unspecified atom stereocenters. The highest BCUT2D eigenvalue weighted by Crippen LogP contribution is 2.36. The minimum Gasteiger partial charge on any atom is -0.454 e. The van der Waals surface area contributed by atoms with Crippen molar-refractivity contribution < 1.29 is 23.7 Å². The third kappa shape index (κ3) is 2.83. The highest BCUT2D eigenvalue weighted by molar-refractivity contribution is 7.16. The lowest BCUT2D eigenvalue weighted by Crippen LogP contribution is -2.12. The van der Waals surface area contributed by atoms with Gasteiger partial charge in [-0.3, -0.25) is 4.79 Å². The first kappa shape index (κ1) is 16.0. The van der Waals surface area contributed by atoms with Gasteiger partial charge in [0, 0.05) is 25.3 Å². The number of aromatic nitrogens is 1. The lowest BCUT2D eigenvalue weighted by molar-refractivity contribution is -0.113. The summed E-state index contributed by atoms with van der Waals surface area (Å²) in [7, 11) is 1.87. The Morgan fingerprint density at radius 2 is 1.74 bits per heavy atom. The van der Waals surface area contributed by atoms with Gasteiger partial charge in [-0.2, -0.15) is 4.99 Å². The van der Waals surface area contributed by atoms with E-state index in [0.29, 0.717) is 27.8 Å². The molecule has 0 saturated carbocycles. The number of amides is 1. The van der Waals surface area contributed by atoms with E-state index in [1.165, 1.54) is 17.4 Å². The number of carbonyl (C=O) groups excluding carboxylic acids is 1. The highest BCUT2D eigenvalue weighted by atomic mass is 32.1. The molecule has 136 valence electrons. The van der Waals surface area contributed by atoms with Crippen molar-refractivity contribution in [3.8, 4) is 23.0 Å². The second-order valence-corrected chi connectivity index (χ2v) is 7.02. The smallest absolute Gasteiger partial charge is 0.272 e. The fraction of sp³-hybridized carbons (Fsp3) is 0.158. The highest BCUT2D eigenvalue weighted by Gasteiger charge is 2.17. The van der Waals surface area contributed by atoms with Crippen molar-refractivity contribution in [2.24, 2.45) is 12.0 Å². The van der Waals surface area contributed by atoms with Gasteiger partial charge in [-0.25, -0.2) is 0 Å². The summed E-state index contributed by atoms with van der Waals surface area (Å²) in [5.41, 5.74) is 1.78. The standard InChI is InChI=1S/C19H14N2O5S/c1-21-12-7-15-16(26-10-25-15)8-17(12)27-19(21)20-18(22)5-3-11-2-4-13-14(6-11)24-9-23-13/h2-8H,9-10H2,1H3. The molecule has 27 heavy (non-hydrogen) atoms. The quantitative estimate of drug-likeness (QED) is 0.638. The van der Waals surface area contributed by atoms with Gasteiger partial charge in [0.1, 0.15) is 0 Å². The van der Waals surface area contributed by atoms with Crippen molar-refractivity contribution >= 4 is 33.5 Å². The van der Waals surface area contributed by atoms with Crippen LogP contribution in [0, 0.1) is 0 Å². The van der Waals surface area contributed by atoms with Crippen molar-refractivity contribution in [3.63, 3.8) is 0 Å². The molecular weight excluding hydrogens is 368 g/mol. The summed E-state index contributed by atoms with van der Waals surface area (Å²) in [5.74, 6) is 2.46. The molecule has 0 aliphatic carbocycles. The van der Waals surface area contributed by atoms with Gasteiger partial charge in [0.25, 0.3) is 5.91 Å². The van der Waals surface area contributed by atoms with Crippen LogP contribution in [0.5, 0.6) is 23.0 Å². The number of thiazole rings is 1. The van der Waals surface area contributed by atoms with E-state index in [-0.39, 0.29) is 19.5 Å². The fourth-order valence-electron chi connectivity index (χ4n) is 2.94. The van der Waals surface area contributed by atoms with Crippen LogP contribution in [-0.4, -0.2) is 24.1 Å². The number of rotatable bonds is 2. The molecule has 0 N–H and O–H groups in total.